The number of sulfonamides is 1. The summed E-state index contributed by atoms with van der Waals surface area (Å²) in [6.07, 6.45) is 8.03. The zero-order valence-corrected chi connectivity index (χ0v) is 16.5. The third-order valence-corrected chi connectivity index (χ3v) is 6.72. The van der Waals surface area contributed by atoms with E-state index in [-0.39, 0.29) is 0 Å². The lowest BCUT2D eigenvalue weighted by Gasteiger charge is -2.24. The van der Waals surface area contributed by atoms with Gasteiger partial charge in [-0.05, 0) is 48.6 Å². The molecular formula is C19H23BrN2O2S. The SMILES string of the molecule is O=S(=O)(NCCc1ccccn1)c1cc(Br)ccc1C1CCCCC1. The molecule has 0 spiro atoms. The third-order valence-electron chi connectivity index (χ3n) is 4.71. The van der Waals surface area contributed by atoms with Gasteiger partial charge in [0, 0.05) is 29.3 Å². The van der Waals surface area contributed by atoms with Gasteiger partial charge in [-0.1, -0.05) is 47.3 Å². The summed E-state index contributed by atoms with van der Waals surface area (Å²) < 4.78 is 29.3. The van der Waals surface area contributed by atoms with Crippen molar-refractivity contribution in [3.05, 3.63) is 58.3 Å². The largest absolute Gasteiger partial charge is 0.261 e. The van der Waals surface area contributed by atoms with Gasteiger partial charge in [-0.15, -0.1) is 0 Å². The molecule has 4 nitrogen and oxygen atoms in total. The Hall–Kier alpha value is -1.24. The Labute approximate surface area is 158 Å². The standard InChI is InChI=1S/C19H23BrN2O2S/c20-16-9-10-18(15-6-2-1-3-7-15)19(14-16)25(23,24)22-13-11-17-8-4-5-12-21-17/h4-5,8-10,12,14-15,22H,1-3,6-7,11,13H2. The number of nitrogens with zero attached hydrogens (tertiary/aromatic N) is 1. The molecule has 1 fully saturated rings. The minimum absolute atomic E-state index is 0.337. The monoisotopic (exact) mass is 422 g/mol. The number of aromatic nitrogens is 1. The van der Waals surface area contributed by atoms with Crippen molar-refractivity contribution in [2.24, 2.45) is 0 Å². The maximum Gasteiger partial charge on any atom is 0.240 e. The predicted molar refractivity (Wildman–Crippen MR) is 103 cm³/mol. The first-order valence-electron chi connectivity index (χ1n) is 8.75. The number of halogens is 1. The Morgan fingerprint density at radius 3 is 2.64 bits per heavy atom. The molecule has 0 radical (unpaired) electrons. The number of pyridine rings is 1. The second-order valence-corrected chi connectivity index (χ2v) is 9.14. The minimum Gasteiger partial charge on any atom is -0.261 e. The van der Waals surface area contributed by atoms with Crippen LogP contribution in [0.3, 0.4) is 0 Å². The highest BCUT2D eigenvalue weighted by atomic mass is 79.9. The maximum atomic E-state index is 12.9. The molecule has 0 atom stereocenters. The second kappa shape index (κ2) is 8.43. The second-order valence-electron chi connectivity index (χ2n) is 6.49. The summed E-state index contributed by atoms with van der Waals surface area (Å²) in [7, 11) is -3.54. The van der Waals surface area contributed by atoms with E-state index in [4.69, 9.17) is 0 Å². The van der Waals surface area contributed by atoms with E-state index in [1.54, 1.807) is 12.3 Å². The molecule has 2 aromatic rings. The summed E-state index contributed by atoms with van der Waals surface area (Å²) in [5.74, 6) is 0.337. The van der Waals surface area contributed by atoms with Gasteiger partial charge in [0.1, 0.15) is 0 Å². The predicted octanol–water partition coefficient (Wildman–Crippen LogP) is 4.41. The Morgan fingerprint density at radius 2 is 1.92 bits per heavy atom. The molecule has 1 heterocycles. The molecule has 0 bridgehead atoms. The van der Waals surface area contributed by atoms with Crippen LogP contribution in [-0.2, 0) is 16.4 Å². The first kappa shape index (κ1) is 18.5. The van der Waals surface area contributed by atoms with Crippen molar-refractivity contribution >= 4 is 26.0 Å². The van der Waals surface area contributed by atoms with Gasteiger partial charge in [0.05, 0.1) is 4.90 Å². The van der Waals surface area contributed by atoms with Crippen LogP contribution >= 0.6 is 15.9 Å². The molecule has 0 aliphatic heterocycles. The van der Waals surface area contributed by atoms with Gasteiger partial charge in [0.15, 0.2) is 0 Å². The molecule has 25 heavy (non-hydrogen) atoms. The number of hydrogen-bond donors (Lipinski definition) is 1. The minimum atomic E-state index is -3.54. The zero-order valence-electron chi connectivity index (χ0n) is 14.1. The van der Waals surface area contributed by atoms with Crippen LogP contribution in [0.5, 0.6) is 0 Å². The van der Waals surface area contributed by atoms with Gasteiger partial charge in [-0.3, -0.25) is 4.98 Å². The van der Waals surface area contributed by atoms with Crippen LogP contribution < -0.4 is 4.72 Å². The molecule has 1 aromatic heterocycles. The van der Waals surface area contributed by atoms with Crippen LogP contribution in [0.4, 0.5) is 0 Å². The number of nitrogens with one attached hydrogen (secondary N) is 1. The first-order chi connectivity index (χ1) is 12.1. The fourth-order valence-electron chi connectivity index (χ4n) is 3.43. The van der Waals surface area contributed by atoms with E-state index < -0.39 is 10.0 Å². The van der Waals surface area contributed by atoms with E-state index in [0.29, 0.717) is 23.8 Å². The summed E-state index contributed by atoms with van der Waals surface area (Å²) in [5.41, 5.74) is 1.83. The van der Waals surface area contributed by atoms with Gasteiger partial charge in [-0.2, -0.15) is 0 Å². The van der Waals surface area contributed by atoms with Crippen molar-refractivity contribution in [1.82, 2.24) is 9.71 Å². The van der Waals surface area contributed by atoms with Crippen LogP contribution in [0, 0.1) is 0 Å². The Bertz CT molecular complexity index is 803. The van der Waals surface area contributed by atoms with Gasteiger partial charge >= 0.3 is 0 Å². The number of hydrogen-bond acceptors (Lipinski definition) is 3. The number of rotatable bonds is 6. The summed E-state index contributed by atoms with van der Waals surface area (Å²) in [6, 6.07) is 11.3. The molecule has 1 N–H and O–H groups in total. The Morgan fingerprint density at radius 1 is 1.12 bits per heavy atom. The highest BCUT2D eigenvalue weighted by Crippen LogP contribution is 2.36. The van der Waals surface area contributed by atoms with Crippen molar-refractivity contribution in [3.8, 4) is 0 Å². The van der Waals surface area contributed by atoms with Gasteiger partial charge in [0.25, 0.3) is 0 Å². The fourth-order valence-corrected chi connectivity index (χ4v) is 5.30. The van der Waals surface area contributed by atoms with Crippen molar-refractivity contribution in [2.75, 3.05) is 6.54 Å². The van der Waals surface area contributed by atoms with E-state index in [2.05, 4.69) is 25.6 Å². The molecule has 6 heteroatoms. The lowest BCUT2D eigenvalue weighted by atomic mass is 9.84. The van der Waals surface area contributed by atoms with Crippen LogP contribution in [0.25, 0.3) is 0 Å². The Kier molecular flexibility index (Phi) is 6.25. The van der Waals surface area contributed by atoms with Crippen LogP contribution in [0.15, 0.2) is 52.0 Å². The quantitative estimate of drug-likeness (QED) is 0.749. The van der Waals surface area contributed by atoms with E-state index >= 15 is 0 Å². The molecule has 3 rings (SSSR count). The lowest BCUT2D eigenvalue weighted by Crippen LogP contribution is -2.27. The highest BCUT2D eigenvalue weighted by molar-refractivity contribution is 9.10. The summed E-state index contributed by atoms with van der Waals surface area (Å²) in [6.45, 7) is 0.343. The molecule has 1 saturated carbocycles. The van der Waals surface area contributed by atoms with E-state index in [1.807, 2.05) is 30.3 Å². The highest BCUT2D eigenvalue weighted by Gasteiger charge is 2.25. The van der Waals surface area contributed by atoms with Gasteiger partial charge in [0.2, 0.25) is 10.0 Å². The average Bonchev–Trinajstić information content (AvgIpc) is 2.63. The summed E-state index contributed by atoms with van der Waals surface area (Å²) in [5, 5.41) is 0. The molecule has 1 aromatic carbocycles. The van der Waals surface area contributed by atoms with Crippen molar-refractivity contribution in [2.45, 2.75) is 49.3 Å². The van der Waals surface area contributed by atoms with E-state index in [0.717, 1.165) is 28.6 Å². The van der Waals surface area contributed by atoms with Crippen LogP contribution in [0.2, 0.25) is 0 Å². The van der Waals surface area contributed by atoms with Crippen LogP contribution in [0.1, 0.15) is 49.3 Å². The number of benzene rings is 1. The summed E-state index contributed by atoms with van der Waals surface area (Å²) in [4.78, 5) is 4.65. The molecule has 134 valence electrons. The van der Waals surface area contributed by atoms with Crippen molar-refractivity contribution < 1.29 is 8.42 Å². The molecule has 0 saturated heterocycles. The smallest absolute Gasteiger partial charge is 0.240 e. The first-order valence-corrected chi connectivity index (χ1v) is 11.0. The third kappa shape index (κ3) is 4.90. The molecule has 0 unspecified atom stereocenters. The Balaban J connectivity index is 1.77. The van der Waals surface area contributed by atoms with E-state index in [9.17, 15) is 8.42 Å². The maximum absolute atomic E-state index is 12.9. The molecule has 1 aliphatic rings. The van der Waals surface area contributed by atoms with Crippen molar-refractivity contribution in [1.29, 1.82) is 0 Å². The zero-order chi connectivity index (χ0) is 17.7. The van der Waals surface area contributed by atoms with Crippen LogP contribution in [-0.4, -0.2) is 19.9 Å². The molecule has 1 aliphatic carbocycles. The van der Waals surface area contributed by atoms with Gasteiger partial charge in [-0.25, -0.2) is 13.1 Å². The van der Waals surface area contributed by atoms with Gasteiger partial charge < -0.3 is 0 Å². The molecular weight excluding hydrogens is 400 g/mol. The fraction of sp³-hybridized carbons (Fsp3) is 0.421. The average molecular weight is 423 g/mol. The summed E-state index contributed by atoms with van der Waals surface area (Å²) >= 11 is 3.42. The van der Waals surface area contributed by atoms with Crippen molar-refractivity contribution in [3.63, 3.8) is 0 Å². The normalized spacial score (nSPS) is 16.0. The molecule has 0 amide bonds. The topological polar surface area (TPSA) is 59.1 Å². The van der Waals surface area contributed by atoms with E-state index in [1.165, 1.54) is 19.3 Å². The lowest BCUT2D eigenvalue weighted by molar-refractivity contribution is 0.438.